The molecule has 104 valence electrons. The molecule has 0 atom stereocenters. The number of hydrogen-bond donors (Lipinski definition) is 2. The maximum absolute atomic E-state index is 11.8. The zero-order chi connectivity index (χ0) is 14.7. The predicted molar refractivity (Wildman–Crippen MR) is 71.4 cm³/mol. The topological polar surface area (TPSA) is 87.5 Å². The standard InChI is InChI=1S/C13H14N4O3/c1-16(2)13(19)17-7-11(14-8-17)9-4-3-5-10(6-9)12(18)15-20/h3-8,20H,1-2H3,(H,15,18). The van der Waals surface area contributed by atoms with Gasteiger partial charge in [-0.1, -0.05) is 12.1 Å². The van der Waals surface area contributed by atoms with Crippen molar-refractivity contribution in [2.75, 3.05) is 14.1 Å². The highest BCUT2D eigenvalue weighted by Crippen LogP contribution is 2.18. The highest BCUT2D eigenvalue weighted by atomic mass is 16.5. The van der Waals surface area contributed by atoms with Crippen molar-refractivity contribution in [3.63, 3.8) is 0 Å². The minimum Gasteiger partial charge on any atom is -0.330 e. The monoisotopic (exact) mass is 274 g/mol. The van der Waals surface area contributed by atoms with Crippen LogP contribution in [0.15, 0.2) is 36.8 Å². The molecule has 2 aromatic rings. The second-order valence-electron chi connectivity index (χ2n) is 4.36. The van der Waals surface area contributed by atoms with Crippen molar-refractivity contribution in [3.8, 4) is 11.3 Å². The summed E-state index contributed by atoms with van der Waals surface area (Å²) in [5.74, 6) is -0.601. The lowest BCUT2D eigenvalue weighted by atomic mass is 10.1. The molecule has 0 saturated carbocycles. The van der Waals surface area contributed by atoms with Gasteiger partial charge in [0.2, 0.25) is 0 Å². The fourth-order valence-corrected chi connectivity index (χ4v) is 1.69. The van der Waals surface area contributed by atoms with Crippen LogP contribution in [0.1, 0.15) is 10.4 Å². The summed E-state index contributed by atoms with van der Waals surface area (Å²) in [5.41, 5.74) is 3.12. The van der Waals surface area contributed by atoms with Crippen LogP contribution in [0.25, 0.3) is 11.3 Å². The normalized spacial score (nSPS) is 10.2. The number of hydrogen-bond acceptors (Lipinski definition) is 4. The molecule has 0 aliphatic heterocycles. The Bertz CT molecular complexity index is 649. The van der Waals surface area contributed by atoms with Gasteiger partial charge < -0.3 is 4.90 Å². The molecule has 2 rings (SSSR count). The summed E-state index contributed by atoms with van der Waals surface area (Å²) in [4.78, 5) is 28.7. The Morgan fingerprint density at radius 3 is 2.75 bits per heavy atom. The van der Waals surface area contributed by atoms with Crippen molar-refractivity contribution >= 4 is 11.9 Å². The van der Waals surface area contributed by atoms with Gasteiger partial charge in [-0.25, -0.2) is 15.3 Å². The molecule has 0 radical (unpaired) electrons. The molecular weight excluding hydrogens is 260 g/mol. The molecule has 2 amide bonds. The molecule has 1 aromatic heterocycles. The Balaban J connectivity index is 2.33. The number of benzene rings is 1. The van der Waals surface area contributed by atoms with Crippen LogP contribution in [0.3, 0.4) is 0 Å². The molecule has 1 heterocycles. The van der Waals surface area contributed by atoms with E-state index in [0.717, 1.165) is 0 Å². The minimum absolute atomic E-state index is 0.215. The molecule has 0 unspecified atom stereocenters. The van der Waals surface area contributed by atoms with Crippen molar-refractivity contribution in [2.45, 2.75) is 0 Å². The maximum Gasteiger partial charge on any atom is 0.328 e. The number of imidazole rings is 1. The van der Waals surface area contributed by atoms with Crippen molar-refractivity contribution in [1.82, 2.24) is 19.9 Å². The lowest BCUT2D eigenvalue weighted by Gasteiger charge is -2.09. The molecule has 0 aliphatic rings. The Kier molecular flexibility index (Phi) is 3.81. The molecule has 0 aliphatic carbocycles. The summed E-state index contributed by atoms with van der Waals surface area (Å²) >= 11 is 0. The molecule has 1 aromatic carbocycles. The van der Waals surface area contributed by atoms with E-state index in [-0.39, 0.29) is 6.03 Å². The van der Waals surface area contributed by atoms with Crippen LogP contribution in [0.2, 0.25) is 0 Å². The zero-order valence-corrected chi connectivity index (χ0v) is 11.1. The maximum atomic E-state index is 11.8. The fourth-order valence-electron chi connectivity index (χ4n) is 1.69. The average Bonchev–Trinajstić information content (AvgIpc) is 2.95. The molecule has 7 heteroatoms. The predicted octanol–water partition coefficient (Wildman–Crippen LogP) is 1.20. The Morgan fingerprint density at radius 1 is 1.35 bits per heavy atom. The third-order valence-corrected chi connectivity index (χ3v) is 2.71. The van der Waals surface area contributed by atoms with Crippen LogP contribution >= 0.6 is 0 Å². The van der Waals surface area contributed by atoms with Gasteiger partial charge >= 0.3 is 6.03 Å². The van der Waals surface area contributed by atoms with Gasteiger partial charge in [0.25, 0.3) is 5.91 Å². The quantitative estimate of drug-likeness (QED) is 0.636. The van der Waals surface area contributed by atoms with E-state index in [2.05, 4.69) is 4.98 Å². The van der Waals surface area contributed by atoms with Crippen LogP contribution in [-0.2, 0) is 0 Å². The summed E-state index contributed by atoms with van der Waals surface area (Å²) in [6, 6.07) is 6.37. The van der Waals surface area contributed by atoms with Gasteiger partial charge in [0.05, 0.1) is 5.69 Å². The van der Waals surface area contributed by atoms with Gasteiger partial charge in [0, 0.05) is 31.4 Å². The Labute approximate surface area is 115 Å². The van der Waals surface area contributed by atoms with Gasteiger partial charge in [0.1, 0.15) is 6.33 Å². The van der Waals surface area contributed by atoms with E-state index in [9.17, 15) is 9.59 Å². The minimum atomic E-state index is -0.601. The van der Waals surface area contributed by atoms with Crippen LogP contribution in [0.4, 0.5) is 4.79 Å². The van der Waals surface area contributed by atoms with E-state index in [4.69, 9.17) is 5.21 Å². The number of amides is 2. The first kappa shape index (κ1) is 13.8. The summed E-state index contributed by atoms with van der Waals surface area (Å²) < 4.78 is 1.36. The summed E-state index contributed by atoms with van der Waals surface area (Å²) in [7, 11) is 3.29. The summed E-state index contributed by atoms with van der Waals surface area (Å²) in [6.07, 6.45) is 2.99. The second-order valence-corrected chi connectivity index (χ2v) is 4.36. The number of carbonyl (C=O) groups is 2. The van der Waals surface area contributed by atoms with Crippen LogP contribution < -0.4 is 5.48 Å². The van der Waals surface area contributed by atoms with Crippen molar-refractivity contribution in [1.29, 1.82) is 0 Å². The SMILES string of the molecule is CN(C)C(=O)n1cnc(-c2cccc(C(=O)NO)c2)c1. The van der Waals surface area contributed by atoms with Gasteiger partial charge in [-0.15, -0.1) is 0 Å². The lowest BCUT2D eigenvalue weighted by Crippen LogP contribution is -2.26. The zero-order valence-electron chi connectivity index (χ0n) is 11.1. The van der Waals surface area contributed by atoms with Gasteiger partial charge in [-0.05, 0) is 12.1 Å². The Hall–Kier alpha value is -2.67. The molecule has 0 bridgehead atoms. The Morgan fingerprint density at radius 2 is 2.10 bits per heavy atom. The van der Waals surface area contributed by atoms with E-state index in [0.29, 0.717) is 16.8 Å². The molecule has 2 N–H and O–H groups in total. The fraction of sp³-hybridized carbons (Fsp3) is 0.154. The number of hydroxylamine groups is 1. The number of rotatable bonds is 2. The number of nitrogens with one attached hydrogen (secondary N) is 1. The third kappa shape index (κ3) is 2.67. The average molecular weight is 274 g/mol. The highest BCUT2D eigenvalue weighted by molar-refractivity contribution is 5.94. The molecule has 0 fully saturated rings. The number of carbonyl (C=O) groups excluding carboxylic acids is 2. The molecule has 0 spiro atoms. The van der Waals surface area contributed by atoms with E-state index in [1.165, 1.54) is 15.8 Å². The van der Waals surface area contributed by atoms with Crippen molar-refractivity contribution in [2.24, 2.45) is 0 Å². The van der Waals surface area contributed by atoms with Crippen molar-refractivity contribution in [3.05, 3.63) is 42.4 Å². The summed E-state index contributed by atoms with van der Waals surface area (Å²) in [5, 5.41) is 8.62. The van der Waals surface area contributed by atoms with E-state index < -0.39 is 5.91 Å². The van der Waals surface area contributed by atoms with Gasteiger partial charge in [-0.2, -0.15) is 0 Å². The van der Waals surface area contributed by atoms with E-state index in [1.54, 1.807) is 50.0 Å². The number of aromatic nitrogens is 2. The van der Waals surface area contributed by atoms with Crippen LogP contribution in [0.5, 0.6) is 0 Å². The van der Waals surface area contributed by atoms with E-state index in [1.807, 2.05) is 0 Å². The largest absolute Gasteiger partial charge is 0.330 e. The first-order valence-corrected chi connectivity index (χ1v) is 5.83. The first-order chi connectivity index (χ1) is 9.52. The van der Waals surface area contributed by atoms with Gasteiger partial charge in [-0.3, -0.25) is 14.6 Å². The summed E-state index contributed by atoms with van der Waals surface area (Å²) in [6.45, 7) is 0. The molecular formula is C13H14N4O3. The van der Waals surface area contributed by atoms with Crippen molar-refractivity contribution < 1.29 is 14.8 Å². The highest BCUT2D eigenvalue weighted by Gasteiger charge is 2.11. The van der Waals surface area contributed by atoms with Crippen LogP contribution in [0, 0.1) is 0 Å². The third-order valence-electron chi connectivity index (χ3n) is 2.71. The van der Waals surface area contributed by atoms with Gasteiger partial charge in [0.15, 0.2) is 0 Å². The molecule has 7 nitrogen and oxygen atoms in total. The smallest absolute Gasteiger partial charge is 0.328 e. The number of nitrogens with zero attached hydrogens (tertiary/aromatic N) is 3. The molecule has 20 heavy (non-hydrogen) atoms. The second kappa shape index (κ2) is 5.54. The lowest BCUT2D eigenvalue weighted by molar-refractivity contribution is 0.0706. The van der Waals surface area contributed by atoms with Crippen LogP contribution in [-0.4, -0.2) is 45.7 Å². The molecule has 0 saturated heterocycles. The first-order valence-electron chi connectivity index (χ1n) is 5.83. The van der Waals surface area contributed by atoms with E-state index >= 15 is 0 Å².